The second-order valence-corrected chi connectivity index (χ2v) is 6.21. The fourth-order valence-corrected chi connectivity index (χ4v) is 2.95. The molecule has 0 spiro atoms. The van der Waals surface area contributed by atoms with Crippen LogP contribution in [-0.2, 0) is 4.79 Å². The molecule has 130 valence electrons. The number of benzene rings is 2. The Labute approximate surface area is 147 Å². The van der Waals surface area contributed by atoms with Gasteiger partial charge in [0.05, 0.1) is 12.8 Å². The van der Waals surface area contributed by atoms with Crippen LogP contribution >= 0.6 is 0 Å². The van der Waals surface area contributed by atoms with E-state index in [1.807, 2.05) is 19.1 Å². The van der Waals surface area contributed by atoms with Gasteiger partial charge in [0.2, 0.25) is 5.91 Å². The summed E-state index contributed by atoms with van der Waals surface area (Å²) in [5, 5.41) is 2.89. The van der Waals surface area contributed by atoms with Crippen molar-refractivity contribution in [2.75, 3.05) is 23.9 Å². The zero-order chi connectivity index (χ0) is 17.8. The predicted octanol–water partition coefficient (Wildman–Crippen LogP) is 3.77. The average molecular weight is 338 g/mol. The van der Waals surface area contributed by atoms with E-state index in [9.17, 15) is 9.59 Å². The summed E-state index contributed by atoms with van der Waals surface area (Å²) in [6, 6.07) is 12.8. The van der Waals surface area contributed by atoms with E-state index >= 15 is 0 Å². The second kappa shape index (κ2) is 7.38. The maximum Gasteiger partial charge on any atom is 0.255 e. The largest absolute Gasteiger partial charge is 0.495 e. The van der Waals surface area contributed by atoms with E-state index in [1.54, 1.807) is 42.3 Å². The third-order valence-corrected chi connectivity index (χ3v) is 4.36. The molecular weight excluding hydrogens is 316 g/mol. The number of hydrogen-bond donors (Lipinski definition) is 1. The molecule has 5 heteroatoms. The van der Waals surface area contributed by atoms with E-state index in [-0.39, 0.29) is 11.8 Å². The molecule has 0 aliphatic carbocycles. The van der Waals surface area contributed by atoms with Crippen molar-refractivity contribution < 1.29 is 14.3 Å². The number of nitrogens with zero attached hydrogens (tertiary/aromatic N) is 1. The molecule has 1 N–H and O–H groups in total. The van der Waals surface area contributed by atoms with Gasteiger partial charge in [-0.25, -0.2) is 0 Å². The molecule has 0 saturated carbocycles. The minimum atomic E-state index is -0.180. The Hall–Kier alpha value is -2.82. The van der Waals surface area contributed by atoms with E-state index < -0.39 is 0 Å². The van der Waals surface area contributed by atoms with Crippen LogP contribution in [0.1, 0.15) is 35.2 Å². The topological polar surface area (TPSA) is 58.6 Å². The van der Waals surface area contributed by atoms with Gasteiger partial charge in [0.1, 0.15) is 5.75 Å². The van der Waals surface area contributed by atoms with Crippen LogP contribution in [0.3, 0.4) is 0 Å². The fourth-order valence-electron chi connectivity index (χ4n) is 2.95. The molecule has 0 aromatic heterocycles. The standard InChI is InChI=1S/C20H22N2O3/c1-14-6-8-15(9-7-14)20(24)21-16-10-11-18(25-2)17(13-16)22-12-4-3-5-19(22)23/h6-11,13H,3-5,12H2,1-2H3,(H,21,24). The van der Waals surface area contributed by atoms with Crippen LogP contribution in [0.5, 0.6) is 5.75 Å². The lowest BCUT2D eigenvalue weighted by Crippen LogP contribution is -2.35. The highest BCUT2D eigenvalue weighted by Crippen LogP contribution is 2.33. The highest BCUT2D eigenvalue weighted by atomic mass is 16.5. The van der Waals surface area contributed by atoms with Gasteiger partial charge in [-0.3, -0.25) is 9.59 Å². The first-order valence-corrected chi connectivity index (χ1v) is 8.45. The SMILES string of the molecule is COc1ccc(NC(=O)c2ccc(C)cc2)cc1N1CCCCC1=O. The Morgan fingerprint density at radius 1 is 1.12 bits per heavy atom. The van der Waals surface area contributed by atoms with Crippen molar-refractivity contribution in [1.29, 1.82) is 0 Å². The number of ether oxygens (including phenoxy) is 1. The van der Waals surface area contributed by atoms with Crippen LogP contribution in [0.4, 0.5) is 11.4 Å². The maximum atomic E-state index is 12.4. The summed E-state index contributed by atoms with van der Waals surface area (Å²) >= 11 is 0. The van der Waals surface area contributed by atoms with Crippen LogP contribution < -0.4 is 15.0 Å². The number of nitrogens with one attached hydrogen (secondary N) is 1. The van der Waals surface area contributed by atoms with Gasteiger partial charge in [0.15, 0.2) is 0 Å². The van der Waals surface area contributed by atoms with Crippen molar-refractivity contribution in [1.82, 2.24) is 0 Å². The fraction of sp³-hybridized carbons (Fsp3) is 0.300. The Kier molecular flexibility index (Phi) is 5.03. The number of hydrogen-bond acceptors (Lipinski definition) is 3. The molecule has 1 aliphatic heterocycles. The van der Waals surface area contributed by atoms with Crippen molar-refractivity contribution in [3.05, 3.63) is 53.6 Å². The molecule has 0 bridgehead atoms. The highest BCUT2D eigenvalue weighted by Gasteiger charge is 2.23. The normalized spacial score (nSPS) is 14.3. The average Bonchev–Trinajstić information content (AvgIpc) is 2.62. The Morgan fingerprint density at radius 2 is 1.88 bits per heavy atom. The first-order valence-electron chi connectivity index (χ1n) is 8.45. The van der Waals surface area contributed by atoms with Gasteiger partial charge in [0.25, 0.3) is 5.91 Å². The maximum absolute atomic E-state index is 12.4. The second-order valence-electron chi connectivity index (χ2n) is 6.21. The van der Waals surface area contributed by atoms with Gasteiger partial charge < -0.3 is 15.0 Å². The Morgan fingerprint density at radius 3 is 2.56 bits per heavy atom. The number of piperidine rings is 1. The molecular formula is C20H22N2O3. The first-order chi connectivity index (χ1) is 12.1. The molecule has 1 saturated heterocycles. The molecule has 1 aliphatic rings. The number of amides is 2. The van der Waals surface area contributed by atoms with E-state index in [4.69, 9.17) is 4.74 Å². The van der Waals surface area contributed by atoms with Gasteiger partial charge >= 0.3 is 0 Å². The third kappa shape index (κ3) is 3.82. The quantitative estimate of drug-likeness (QED) is 0.923. The molecule has 2 aromatic carbocycles. The van der Waals surface area contributed by atoms with E-state index in [2.05, 4.69) is 5.32 Å². The van der Waals surface area contributed by atoms with Gasteiger partial charge in [-0.15, -0.1) is 0 Å². The van der Waals surface area contributed by atoms with Crippen LogP contribution in [0.2, 0.25) is 0 Å². The van der Waals surface area contributed by atoms with Gasteiger partial charge in [-0.05, 0) is 50.1 Å². The molecule has 0 radical (unpaired) electrons. The van der Waals surface area contributed by atoms with Crippen LogP contribution in [0.15, 0.2) is 42.5 Å². The van der Waals surface area contributed by atoms with Crippen molar-refractivity contribution in [3.8, 4) is 5.75 Å². The van der Waals surface area contributed by atoms with Crippen LogP contribution in [0.25, 0.3) is 0 Å². The lowest BCUT2D eigenvalue weighted by Gasteiger charge is -2.28. The number of anilines is 2. The van der Waals surface area contributed by atoms with Gasteiger partial charge in [-0.2, -0.15) is 0 Å². The summed E-state index contributed by atoms with van der Waals surface area (Å²) in [4.78, 5) is 26.4. The van der Waals surface area contributed by atoms with Gasteiger partial charge in [-0.1, -0.05) is 17.7 Å². The van der Waals surface area contributed by atoms with Crippen LogP contribution in [0, 0.1) is 6.92 Å². The summed E-state index contributed by atoms with van der Waals surface area (Å²) < 4.78 is 5.40. The highest BCUT2D eigenvalue weighted by molar-refractivity contribution is 6.05. The molecule has 2 aromatic rings. The summed E-state index contributed by atoms with van der Waals surface area (Å²) in [6.07, 6.45) is 2.43. The monoisotopic (exact) mass is 338 g/mol. The molecule has 0 unspecified atom stereocenters. The molecule has 0 atom stereocenters. The lowest BCUT2D eigenvalue weighted by atomic mass is 10.1. The van der Waals surface area contributed by atoms with E-state index in [0.717, 1.165) is 18.4 Å². The van der Waals surface area contributed by atoms with E-state index in [1.165, 1.54) is 0 Å². The van der Waals surface area contributed by atoms with Crippen molar-refractivity contribution in [3.63, 3.8) is 0 Å². The number of rotatable bonds is 4. The summed E-state index contributed by atoms with van der Waals surface area (Å²) in [5.74, 6) is 0.538. The first kappa shape index (κ1) is 17.0. The van der Waals surface area contributed by atoms with Crippen LogP contribution in [-0.4, -0.2) is 25.5 Å². The molecule has 3 rings (SSSR count). The van der Waals surface area contributed by atoms with Crippen molar-refractivity contribution in [2.45, 2.75) is 26.2 Å². The number of aryl methyl sites for hydroxylation is 1. The molecule has 25 heavy (non-hydrogen) atoms. The van der Waals surface area contributed by atoms with Gasteiger partial charge in [0, 0.05) is 24.2 Å². The Balaban J connectivity index is 1.84. The minimum absolute atomic E-state index is 0.0894. The predicted molar refractivity (Wildman–Crippen MR) is 98.3 cm³/mol. The summed E-state index contributed by atoms with van der Waals surface area (Å²) in [7, 11) is 1.58. The molecule has 5 nitrogen and oxygen atoms in total. The number of carbonyl (C=O) groups is 2. The van der Waals surface area contributed by atoms with Crippen molar-refractivity contribution in [2.24, 2.45) is 0 Å². The molecule has 1 heterocycles. The number of carbonyl (C=O) groups excluding carboxylic acids is 2. The summed E-state index contributed by atoms with van der Waals surface area (Å²) in [5.41, 5.74) is 3.04. The minimum Gasteiger partial charge on any atom is -0.495 e. The smallest absolute Gasteiger partial charge is 0.255 e. The third-order valence-electron chi connectivity index (χ3n) is 4.36. The molecule has 1 fully saturated rings. The lowest BCUT2D eigenvalue weighted by molar-refractivity contribution is -0.119. The van der Waals surface area contributed by atoms with E-state index in [0.29, 0.717) is 35.7 Å². The number of methoxy groups -OCH3 is 1. The zero-order valence-corrected chi connectivity index (χ0v) is 14.5. The van der Waals surface area contributed by atoms with Crippen molar-refractivity contribution >= 4 is 23.2 Å². The molecule has 2 amide bonds. The Bertz CT molecular complexity index is 784. The zero-order valence-electron chi connectivity index (χ0n) is 14.5. The summed E-state index contributed by atoms with van der Waals surface area (Å²) in [6.45, 7) is 2.65.